The maximum Gasteiger partial charge on any atom is 0.271 e. The molecule has 7 heteroatoms. The van der Waals surface area contributed by atoms with Gasteiger partial charge >= 0.3 is 0 Å². The Bertz CT molecular complexity index is 436. The highest BCUT2D eigenvalue weighted by molar-refractivity contribution is 6.33. The molecule has 0 aliphatic carbocycles. The maximum absolute atomic E-state index is 11.6. The predicted molar refractivity (Wildman–Crippen MR) is 64.7 cm³/mol. The number of amides is 2. The second kappa shape index (κ2) is 6.05. The van der Waals surface area contributed by atoms with Gasteiger partial charge in [-0.3, -0.25) is 9.59 Å². The smallest absolute Gasteiger partial charge is 0.271 e. The summed E-state index contributed by atoms with van der Waals surface area (Å²) in [7, 11) is 0. The van der Waals surface area contributed by atoms with Crippen LogP contribution < -0.4 is 16.4 Å². The number of rotatable bonds is 4. The number of carbonyl (C=O) groups is 2. The number of anilines is 1. The number of pyridine rings is 1. The molecule has 0 saturated carbocycles. The number of halogens is 1. The van der Waals surface area contributed by atoms with Gasteiger partial charge in [0.15, 0.2) is 0 Å². The highest BCUT2D eigenvalue weighted by Gasteiger charge is 2.11. The van der Waals surface area contributed by atoms with Crippen molar-refractivity contribution in [2.24, 2.45) is 0 Å². The van der Waals surface area contributed by atoms with Gasteiger partial charge < -0.3 is 16.4 Å². The lowest BCUT2D eigenvalue weighted by molar-refractivity contribution is -0.118. The SMILES string of the molecule is CC(=O)NCCNC(=O)c1nc(N)ccc1Cl. The molecule has 0 fully saturated rings. The summed E-state index contributed by atoms with van der Waals surface area (Å²) in [6, 6.07) is 3.02. The number of nitrogen functional groups attached to an aromatic ring is 1. The zero-order chi connectivity index (χ0) is 12.8. The summed E-state index contributed by atoms with van der Waals surface area (Å²) < 4.78 is 0. The Morgan fingerprint density at radius 2 is 2.00 bits per heavy atom. The van der Waals surface area contributed by atoms with Crippen LogP contribution in [0.15, 0.2) is 12.1 Å². The molecular weight excluding hydrogens is 244 g/mol. The summed E-state index contributed by atoms with van der Waals surface area (Å²) in [5.41, 5.74) is 5.53. The molecule has 2 amide bonds. The van der Waals surface area contributed by atoms with E-state index < -0.39 is 5.91 Å². The van der Waals surface area contributed by atoms with Crippen molar-refractivity contribution in [2.75, 3.05) is 18.8 Å². The third-order valence-electron chi connectivity index (χ3n) is 1.87. The average Bonchev–Trinajstić information content (AvgIpc) is 2.27. The molecule has 17 heavy (non-hydrogen) atoms. The van der Waals surface area contributed by atoms with E-state index in [9.17, 15) is 9.59 Å². The van der Waals surface area contributed by atoms with Crippen LogP contribution >= 0.6 is 11.6 Å². The van der Waals surface area contributed by atoms with Gasteiger partial charge in [0.2, 0.25) is 5.91 Å². The fourth-order valence-electron chi connectivity index (χ4n) is 1.11. The van der Waals surface area contributed by atoms with E-state index in [0.717, 1.165) is 0 Å². The molecule has 0 unspecified atom stereocenters. The van der Waals surface area contributed by atoms with Gasteiger partial charge in [-0.1, -0.05) is 11.6 Å². The summed E-state index contributed by atoms with van der Waals surface area (Å²) in [4.78, 5) is 26.1. The third-order valence-corrected chi connectivity index (χ3v) is 2.17. The molecule has 0 aliphatic heterocycles. The Labute approximate surface area is 104 Å². The first-order valence-electron chi connectivity index (χ1n) is 4.95. The van der Waals surface area contributed by atoms with Crippen LogP contribution in [0.5, 0.6) is 0 Å². The van der Waals surface area contributed by atoms with E-state index in [-0.39, 0.29) is 22.4 Å². The number of hydrogen-bond acceptors (Lipinski definition) is 4. The largest absolute Gasteiger partial charge is 0.384 e. The maximum atomic E-state index is 11.6. The topological polar surface area (TPSA) is 97.1 Å². The normalized spacial score (nSPS) is 9.76. The van der Waals surface area contributed by atoms with Crippen molar-refractivity contribution < 1.29 is 9.59 Å². The molecule has 1 rings (SSSR count). The third kappa shape index (κ3) is 4.28. The van der Waals surface area contributed by atoms with Crippen LogP contribution in [0.3, 0.4) is 0 Å². The van der Waals surface area contributed by atoms with Gasteiger partial charge in [-0.05, 0) is 12.1 Å². The molecule has 92 valence electrons. The molecule has 1 heterocycles. The number of nitrogens with two attached hydrogens (primary N) is 1. The van der Waals surface area contributed by atoms with E-state index in [1.54, 1.807) is 0 Å². The quantitative estimate of drug-likeness (QED) is 0.670. The second-order valence-electron chi connectivity index (χ2n) is 3.31. The predicted octanol–water partition coefficient (Wildman–Crippen LogP) is 0.183. The number of aromatic nitrogens is 1. The van der Waals surface area contributed by atoms with Gasteiger partial charge in [0.25, 0.3) is 5.91 Å². The highest BCUT2D eigenvalue weighted by Crippen LogP contribution is 2.14. The number of hydrogen-bond donors (Lipinski definition) is 3. The van der Waals surface area contributed by atoms with E-state index in [0.29, 0.717) is 13.1 Å². The minimum absolute atomic E-state index is 0.0782. The second-order valence-corrected chi connectivity index (χ2v) is 3.71. The zero-order valence-electron chi connectivity index (χ0n) is 9.29. The summed E-state index contributed by atoms with van der Waals surface area (Å²) >= 11 is 5.81. The van der Waals surface area contributed by atoms with Crippen LogP contribution in [-0.2, 0) is 4.79 Å². The summed E-state index contributed by atoms with van der Waals surface area (Å²) in [5, 5.41) is 5.35. The molecule has 0 aliphatic rings. The first kappa shape index (κ1) is 13.2. The van der Waals surface area contributed by atoms with E-state index in [1.165, 1.54) is 19.1 Å². The number of nitrogens with one attached hydrogen (secondary N) is 2. The summed E-state index contributed by atoms with van der Waals surface area (Å²) in [5.74, 6) is -0.353. The zero-order valence-corrected chi connectivity index (χ0v) is 10.0. The van der Waals surface area contributed by atoms with Crippen molar-refractivity contribution in [2.45, 2.75) is 6.92 Å². The number of carbonyl (C=O) groups excluding carboxylic acids is 2. The van der Waals surface area contributed by atoms with Gasteiger partial charge in [0.05, 0.1) is 5.02 Å². The molecule has 0 spiro atoms. The van der Waals surface area contributed by atoms with Crippen LogP contribution in [0.25, 0.3) is 0 Å². The van der Waals surface area contributed by atoms with E-state index >= 15 is 0 Å². The summed E-state index contributed by atoms with van der Waals surface area (Å²) in [6.07, 6.45) is 0. The van der Waals surface area contributed by atoms with Gasteiger partial charge in [0, 0.05) is 20.0 Å². The first-order chi connectivity index (χ1) is 8.00. The van der Waals surface area contributed by atoms with Crippen LogP contribution in [-0.4, -0.2) is 29.9 Å². The minimum Gasteiger partial charge on any atom is -0.384 e. The molecule has 0 atom stereocenters. The molecule has 6 nitrogen and oxygen atoms in total. The fourth-order valence-corrected chi connectivity index (χ4v) is 1.31. The Morgan fingerprint density at radius 3 is 2.65 bits per heavy atom. The molecule has 1 aromatic rings. The van der Waals surface area contributed by atoms with E-state index in [1.807, 2.05) is 0 Å². The summed E-state index contributed by atoms with van der Waals surface area (Å²) in [6.45, 7) is 2.05. The first-order valence-corrected chi connectivity index (χ1v) is 5.33. The van der Waals surface area contributed by atoms with Crippen LogP contribution in [0.1, 0.15) is 17.4 Å². The standard InChI is InChI=1S/C10H13ClN4O2/c1-6(16)13-4-5-14-10(17)9-7(11)2-3-8(12)15-9/h2-3H,4-5H2,1H3,(H2,12,15)(H,13,16)(H,14,17). The van der Waals surface area contributed by atoms with Crippen LogP contribution in [0, 0.1) is 0 Å². The lowest BCUT2D eigenvalue weighted by Crippen LogP contribution is -2.34. The molecule has 0 aromatic carbocycles. The molecular formula is C10H13ClN4O2. The van der Waals surface area contributed by atoms with Crippen molar-refractivity contribution in [3.05, 3.63) is 22.8 Å². The molecule has 4 N–H and O–H groups in total. The van der Waals surface area contributed by atoms with Gasteiger partial charge in [0.1, 0.15) is 11.5 Å². The molecule has 0 bridgehead atoms. The Kier molecular flexibility index (Phi) is 4.71. The van der Waals surface area contributed by atoms with Crippen molar-refractivity contribution in [1.29, 1.82) is 0 Å². The average molecular weight is 257 g/mol. The van der Waals surface area contributed by atoms with Gasteiger partial charge in [-0.15, -0.1) is 0 Å². The lowest BCUT2D eigenvalue weighted by atomic mass is 10.3. The van der Waals surface area contributed by atoms with Crippen molar-refractivity contribution in [3.8, 4) is 0 Å². The van der Waals surface area contributed by atoms with Crippen molar-refractivity contribution in [3.63, 3.8) is 0 Å². The monoisotopic (exact) mass is 256 g/mol. The fraction of sp³-hybridized carbons (Fsp3) is 0.300. The Morgan fingerprint density at radius 1 is 1.35 bits per heavy atom. The van der Waals surface area contributed by atoms with Crippen LogP contribution in [0.2, 0.25) is 5.02 Å². The molecule has 0 radical (unpaired) electrons. The minimum atomic E-state index is -0.423. The number of nitrogens with zero attached hydrogens (tertiary/aromatic N) is 1. The van der Waals surface area contributed by atoms with Gasteiger partial charge in [-0.25, -0.2) is 4.98 Å². The molecule has 1 aromatic heterocycles. The van der Waals surface area contributed by atoms with Crippen molar-refractivity contribution in [1.82, 2.24) is 15.6 Å². The van der Waals surface area contributed by atoms with Gasteiger partial charge in [-0.2, -0.15) is 0 Å². The van der Waals surface area contributed by atoms with Crippen LogP contribution in [0.4, 0.5) is 5.82 Å². The Hall–Kier alpha value is -1.82. The van der Waals surface area contributed by atoms with E-state index in [4.69, 9.17) is 17.3 Å². The van der Waals surface area contributed by atoms with Crippen molar-refractivity contribution >= 4 is 29.2 Å². The highest BCUT2D eigenvalue weighted by atomic mass is 35.5. The Balaban J connectivity index is 2.52. The van der Waals surface area contributed by atoms with E-state index in [2.05, 4.69) is 15.6 Å². The molecule has 0 saturated heterocycles. The lowest BCUT2D eigenvalue weighted by Gasteiger charge is -2.06.